The molecule has 0 aromatic carbocycles. The molecule has 0 heterocycles. The maximum atomic E-state index is 11.9. The molecule has 0 atom stereocenters. The summed E-state index contributed by atoms with van der Waals surface area (Å²) in [5, 5.41) is 10.1. The Morgan fingerprint density at radius 2 is 1.65 bits per heavy atom. The van der Waals surface area contributed by atoms with Gasteiger partial charge in [0.15, 0.2) is 0 Å². The van der Waals surface area contributed by atoms with Crippen LogP contribution in [-0.4, -0.2) is 60.0 Å². The first-order valence-corrected chi connectivity index (χ1v) is 6.00. The van der Waals surface area contributed by atoms with E-state index in [1.807, 2.05) is 0 Å². The Bertz CT molecular complexity index is 296. The van der Waals surface area contributed by atoms with E-state index in [2.05, 4.69) is 0 Å². The third-order valence-corrected chi connectivity index (χ3v) is 3.31. The molecule has 0 spiro atoms. The molecule has 1 aliphatic carbocycles. The summed E-state index contributed by atoms with van der Waals surface area (Å²) in [6.45, 7) is 0.0713. The van der Waals surface area contributed by atoms with Crippen LogP contribution in [0.2, 0.25) is 0 Å². The lowest BCUT2D eigenvalue weighted by Gasteiger charge is -2.25. The smallest absolute Gasteiger partial charge is 0.241 e. The summed E-state index contributed by atoms with van der Waals surface area (Å²) in [7, 11) is 4.92. The summed E-state index contributed by atoms with van der Waals surface area (Å²) >= 11 is 0. The minimum atomic E-state index is -0.841. The van der Waals surface area contributed by atoms with Gasteiger partial charge in [-0.25, -0.2) is 0 Å². The van der Waals surface area contributed by atoms with Gasteiger partial charge in [0.2, 0.25) is 11.8 Å². The monoisotopic (exact) mass is 242 g/mol. The van der Waals surface area contributed by atoms with Gasteiger partial charge in [-0.05, 0) is 12.8 Å². The van der Waals surface area contributed by atoms with E-state index in [9.17, 15) is 14.7 Å². The van der Waals surface area contributed by atoms with E-state index >= 15 is 0 Å². The summed E-state index contributed by atoms with van der Waals surface area (Å²) in [5.74, 6) is -0.274. The molecule has 0 radical (unpaired) electrons. The van der Waals surface area contributed by atoms with Gasteiger partial charge in [-0.15, -0.1) is 0 Å². The molecule has 17 heavy (non-hydrogen) atoms. The fraction of sp³-hybridized carbons (Fsp3) is 0.833. The molecule has 0 unspecified atom stereocenters. The largest absolute Gasteiger partial charge is 0.389 e. The van der Waals surface area contributed by atoms with Crippen molar-refractivity contribution in [2.24, 2.45) is 0 Å². The molecule has 5 heteroatoms. The van der Waals surface area contributed by atoms with Crippen LogP contribution >= 0.6 is 0 Å². The van der Waals surface area contributed by atoms with Gasteiger partial charge in [-0.1, -0.05) is 12.8 Å². The van der Waals surface area contributed by atoms with Crippen molar-refractivity contribution in [3.63, 3.8) is 0 Å². The fourth-order valence-corrected chi connectivity index (χ4v) is 2.06. The maximum absolute atomic E-state index is 11.9. The molecule has 1 saturated carbocycles. The van der Waals surface area contributed by atoms with Gasteiger partial charge < -0.3 is 14.9 Å². The second-order valence-electron chi connectivity index (χ2n) is 5.15. The highest BCUT2D eigenvalue weighted by Gasteiger charge is 2.34. The fourth-order valence-electron chi connectivity index (χ4n) is 2.06. The minimum Gasteiger partial charge on any atom is -0.389 e. The van der Waals surface area contributed by atoms with Crippen LogP contribution in [0.1, 0.15) is 32.1 Å². The van der Waals surface area contributed by atoms with Crippen LogP contribution in [0.15, 0.2) is 0 Å². The van der Waals surface area contributed by atoms with Crippen LogP contribution in [0.25, 0.3) is 0 Å². The Balaban J connectivity index is 2.44. The normalized spacial score (nSPS) is 17.9. The van der Waals surface area contributed by atoms with E-state index in [0.717, 1.165) is 12.8 Å². The Morgan fingerprint density at radius 3 is 2.12 bits per heavy atom. The van der Waals surface area contributed by atoms with Crippen molar-refractivity contribution in [3.05, 3.63) is 0 Å². The molecule has 0 aromatic heterocycles. The Morgan fingerprint density at radius 1 is 1.12 bits per heavy atom. The number of amides is 2. The molecular weight excluding hydrogens is 220 g/mol. The zero-order chi connectivity index (χ0) is 13.1. The number of hydrogen-bond donors (Lipinski definition) is 1. The van der Waals surface area contributed by atoms with Crippen LogP contribution in [-0.2, 0) is 9.59 Å². The zero-order valence-electron chi connectivity index (χ0n) is 10.9. The predicted octanol–water partition coefficient (Wildman–Crippen LogP) is 0.228. The summed E-state index contributed by atoms with van der Waals surface area (Å²) in [6.07, 6.45) is 3.46. The van der Waals surface area contributed by atoms with Crippen molar-refractivity contribution >= 4 is 11.8 Å². The number of nitrogens with zero attached hydrogens (tertiary/aromatic N) is 2. The van der Waals surface area contributed by atoms with Gasteiger partial charge in [0.1, 0.15) is 0 Å². The number of carbonyl (C=O) groups is 2. The molecule has 1 fully saturated rings. The minimum absolute atomic E-state index is 0.0713. The first-order valence-electron chi connectivity index (χ1n) is 6.00. The maximum Gasteiger partial charge on any atom is 0.241 e. The first-order chi connectivity index (χ1) is 7.84. The first kappa shape index (κ1) is 14.0. The van der Waals surface area contributed by atoms with Crippen LogP contribution < -0.4 is 0 Å². The number of likely N-dealkylation sites (N-methyl/N-ethyl adjacent to an activating group) is 2. The lowest BCUT2D eigenvalue weighted by atomic mass is 9.97. The molecule has 2 amide bonds. The second-order valence-corrected chi connectivity index (χ2v) is 5.15. The third-order valence-electron chi connectivity index (χ3n) is 3.31. The summed E-state index contributed by atoms with van der Waals surface area (Å²) < 4.78 is 0. The standard InChI is InChI=1S/C12H22N2O3/c1-13(2)11(16)9-14(3)10(15)8-12(17)6-4-5-7-12/h17H,4-9H2,1-3H3. The number of rotatable bonds is 4. The Labute approximate surface area is 102 Å². The van der Waals surface area contributed by atoms with Crippen molar-refractivity contribution in [3.8, 4) is 0 Å². The van der Waals surface area contributed by atoms with Crippen molar-refractivity contribution in [2.75, 3.05) is 27.7 Å². The van der Waals surface area contributed by atoms with E-state index in [1.165, 1.54) is 9.80 Å². The van der Waals surface area contributed by atoms with Crippen LogP contribution in [0.5, 0.6) is 0 Å². The zero-order valence-corrected chi connectivity index (χ0v) is 10.9. The Kier molecular flexibility index (Phi) is 4.51. The number of aliphatic hydroxyl groups is 1. The lowest BCUT2D eigenvalue weighted by molar-refractivity contribution is -0.141. The SMILES string of the molecule is CN(C)C(=O)CN(C)C(=O)CC1(O)CCCC1. The van der Waals surface area contributed by atoms with Gasteiger partial charge in [0, 0.05) is 21.1 Å². The van der Waals surface area contributed by atoms with Gasteiger partial charge in [-0.3, -0.25) is 9.59 Å². The molecule has 0 saturated heterocycles. The molecule has 0 bridgehead atoms. The quantitative estimate of drug-likeness (QED) is 0.767. The van der Waals surface area contributed by atoms with Crippen molar-refractivity contribution in [1.29, 1.82) is 0 Å². The lowest BCUT2D eigenvalue weighted by Crippen LogP contribution is -2.41. The van der Waals surface area contributed by atoms with Crippen molar-refractivity contribution < 1.29 is 14.7 Å². The summed E-state index contributed by atoms with van der Waals surface area (Å²) in [4.78, 5) is 26.1. The summed E-state index contributed by atoms with van der Waals surface area (Å²) in [6, 6.07) is 0. The number of carbonyl (C=O) groups excluding carboxylic acids is 2. The second kappa shape index (κ2) is 5.49. The third kappa shape index (κ3) is 4.00. The highest BCUT2D eigenvalue weighted by molar-refractivity contribution is 5.84. The highest BCUT2D eigenvalue weighted by Crippen LogP contribution is 2.32. The molecule has 5 nitrogen and oxygen atoms in total. The van der Waals surface area contributed by atoms with Crippen LogP contribution in [0, 0.1) is 0 Å². The van der Waals surface area contributed by atoms with Gasteiger partial charge >= 0.3 is 0 Å². The molecule has 98 valence electrons. The predicted molar refractivity (Wildman–Crippen MR) is 64.4 cm³/mol. The van der Waals surface area contributed by atoms with Gasteiger partial charge in [0.25, 0.3) is 0 Å². The average molecular weight is 242 g/mol. The van der Waals surface area contributed by atoms with Crippen LogP contribution in [0.4, 0.5) is 0 Å². The average Bonchev–Trinajstić information content (AvgIpc) is 2.64. The topological polar surface area (TPSA) is 60.9 Å². The van der Waals surface area contributed by atoms with E-state index in [4.69, 9.17) is 0 Å². The van der Waals surface area contributed by atoms with Gasteiger partial charge in [0.05, 0.1) is 18.6 Å². The molecular formula is C12H22N2O3. The van der Waals surface area contributed by atoms with E-state index < -0.39 is 5.60 Å². The van der Waals surface area contributed by atoms with E-state index in [1.54, 1.807) is 21.1 Å². The van der Waals surface area contributed by atoms with Crippen molar-refractivity contribution in [1.82, 2.24) is 9.80 Å². The highest BCUT2D eigenvalue weighted by atomic mass is 16.3. The van der Waals surface area contributed by atoms with E-state index in [-0.39, 0.29) is 24.8 Å². The molecule has 1 aliphatic rings. The molecule has 0 aromatic rings. The summed E-state index contributed by atoms with van der Waals surface area (Å²) in [5.41, 5.74) is -0.841. The molecule has 1 rings (SSSR count). The number of hydrogen-bond acceptors (Lipinski definition) is 3. The van der Waals surface area contributed by atoms with E-state index in [0.29, 0.717) is 12.8 Å². The van der Waals surface area contributed by atoms with Crippen molar-refractivity contribution in [2.45, 2.75) is 37.7 Å². The molecule has 1 N–H and O–H groups in total. The van der Waals surface area contributed by atoms with Gasteiger partial charge in [-0.2, -0.15) is 0 Å². The van der Waals surface area contributed by atoms with Crippen LogP contribution in [0.3, 0.4) is 0 Å². The Hall–Kier alpha value is -1.10. The molecule has 0 aliphatic heterocycles.